The van der Waals surface area contributed by atoms with E-state index in [0.29, 0.717) is 38.9 Å². The fraction of sp³-hybridized carbons (Fsp3) is 0.629. The SMILES string of the molecule is C=CCN(Cc1ccccc1)C(=O)[C@@H]1[C@H]2C(=O)N([C@@H](CO)[C@@H](C)CC)C(C(=O)N(CC=C)C(C)(C)C)C23CC[C@@]1(CC)O3. The number of amides is 3. The van der Waals surface area contributed by atoms with Crippen molar-refractivity contribution < 1.29 is 24.2 Å². The third-order valence-corrected chi connectivity index (χ3v) is 10.2. The number of aliphatic hydroxyl groups excluding tert-OH is 1. The van der Waals surface area contributed by atoms with Crippen LogP contribution in [0.5, 0.6) is 0 Å². The van der Waals surface area contributed by atoms with E-state index in [1.807, 2.05) is 71.9 Å². The fourth-order valence-corrected chi connectivity index (χ4v) is 7.84. The molecule has 0 aromatic heterocycles. The summed E-state index contributed by atoms with van der Waals surface area (Å²) in [5, 5.41) is 10.7. The van der Waals surface area contributed by atoms with E-state index >= 15 is 0 Å². The quantitative estimate of drug-likeness (QED) is 0.339. The number of likely N-dealkylation sites (tertiary alicyclic amines) is 1. The highest BCUT2D eigenvalue weighted by Crippen LogP contribution is 2.65. The van der Waals surface area contributed by atoms with Gasteiger partial charge in [-0.2, -0.15) is 0 Å². The van der Waals surface area contributed by atoms with Crippen LogP contribution >= 0.6 is 0 Å². The number of hydrogen-bond donors (Lipinski definition) is 1. The number of rotatable bonds is 13. The largest absolute Gasteiger partial charge is 0.394 e. The van der Waals surface area contributed by atoms with Crippen molar-refractivity contribution in [1.29, 1.82) is 0 Å². The van der Waals surface area contributed by atoms with Crippen LogP contribution in [0.2, 0.25) is 0 Å². The summed E-state index contributed by atoms with van der Waals surface area (Å²) in [6.45, 7) is 20.4. The minimum atomic E-state index is -1.16. The van der Waals surface area contributed by atoms with Crippen LogP contribution in [-0.2, 0) is 25.7 Å². The second-order valence-electron chi connectivity index (χ2n) is 13.6. The Bertz CT molecular complexity index is 1210. The van der Waals surface area contributed by atoms with E-state index in [1.165, 1.54) is 0 Å². The van der Waals surface area contributed by atoms with Crippen LogP contribution in [0.15, 0.2) is 55.6 Å². The molecule has 4 rings (SSSR count). The first-order chi connectivity index (χ1) is 20.4. The molecule has 0 saturated carbocycles. The van der Waals surface area contributed by atoms with Crippen molar-refractivity contribution in [3.8, 4) is 0 Å². The van der Waals surface area contributed by atoms with Crippen LogP contribution in [0, 0.1) is 17.8 Å². The number of nitrogens with zero attached hydrogens (tertiary/aromatic N) is 3. The highest BCUT2D eigenvalue weighted by molar-refractivity contribution is 5.99. The fourth-order valence-electron chi connectivity index (χ4n) is 7.84. The number of carbonyl (C=O) groups is 3. The van der Waals surface area contributed by atoms with Crippen molar-refractivity contribution >= 4 is 17.7 Å². The van der Waals surface area contributed by atoms with Crippen LogP contribution in [0.1, 0.15) is 72.8 Å². The lowest BCUT2D eigenvalue weighted by Gasteiger charge is -2.44. The third-order valence-electron chi connectivity index (χ3n) is 10.2. The molecule has 8 heteroatoms. The number of hydrogen-bond acceptors (Lipinski definition) is 5. The molecule has 3 fully saturated rings. The van der Waals surface area contributed by atoms with Gasteiger partial charge >= 0.3 is 0 Å². The van der Waals surface area contributed by atoms with E-state index in [4.69, 9.17) is 4.74 Å². The van der Waals surface area contributed by atoms with E-state index in [0.717, 1.165) is 12.0 Å². The maximum absolute atomic E-state index is 14.8. The molecule has 2 unspecified atom stereocenters. The smallest absolute Gasteiger partial charge is 0.249 e. The monoisotopic (exact) mass is 593 g/mol. The summed E-state index contributed by atoms with van der Waals surface area (Å²) >= 11 is 0. The first-order valence-electron chi connectivity index (χ1n) is 15.9. The molecular weight excluding hydrogens is 542 g/mol. The van der Waals surface area contributed by atoms with E-state index < -0.39 is 40.7 Å². The number of fused-ring (bicyclic) bond motifs is 1. The Morgan fingerprint density at radius 1 is 1.12 bits per heavy atom. The second kappa shape index (κ2) is 12.6. The van der Waals surface area contributed by atoms with Gasteiger partial charge in [0.1, 0.15) is 11.6 Å². The van der Waals surface area contributed by atoms with Crippen molar-refractivity contribution in [3.63, 3.8) is 0 Å². The summed E-state index contributed by atoms with van der Waals surface area (Å²) in [7, 11) is 0. The maximum atomic E-state index is 14.8. The van der Waals surface area contributed by atoms with Crippen molar-refractivity contribution in [2.45, 2.75) is 103 Å². The lowest BCUT2D eigenvalue weighted by molar-refractivity contribution is -0.161. The molecule has 43 heavy (non-hydrogen) atoms. The molecule has 0 aliphatic carbocycles. The molecule has 3 heterocycles. The summed E-state index contributed by atoms with van der Waals surface area (Å²) in [6, 6.07) is 8.25. The first-order valence-corrected chi connectivity index (χ1v) is 15.9. The standard InChI is InChI=1S/C35H51N3O5/c1-9-20-36(22-25-16-14-13-15-17-25)30(40)27-28-31(41)38(26(23-39)24(5)11-3)29(32(42)37(21-10-2)33(6,7)8)35(28)19-18-34(27,12-4)43-35/h9-10,13-17,24,26-29,39H,1-2,11-12,18-23H2,3-8H3/t24-,26-,27-,28-,29?,34+,35?/m0/s1. The molecule has 1 aromatic carbocycles. The highest BCUT2D eigenvalue weighted by atomic mass is 16.5. The molecule has 1 spiro atoms. The third kappa shape index (κ3) is 5.46. The predicted molar refractivity (Wildman–Crippen MR) is 168 cm³/mol. The Kier molecular flexibility index (Phi) is 9.62. The molecular formula is C35H51N3O5. The minimum Gasteiger partial charge on any atom is -0.394 e. The van der Waals surface area contributed by atoms with E-state index in [-0.39, 0.29) is 30.2 Å². The zero-order valence-corrected chi connectivity index (χ0v) is 26.9. The molecule has 3 aliphatic rings. The van der Waals surface area contributed by atoms with Crippen LogP contribution in [0.3, 0.4) is 0 Å². The van der Waals surface area contributed by atoms with E-state index in [1.54, 1.807) is 26.9 Å². The molecule has 1 N–H and O–H groups in total. The van der Waals surface area contributed by atoms with Gasteiger partial charge in [0.15, 0.2) is 0 Å². The van der Waals surface area contributed by atoms with Crippen LogP contribution in [0.25, 0.3) is 0 Å². The van der Waals surface area contributed by atoms with Gasteiger partial charge in [-0.05, 0) is 51.5 Å². The summed E-state index contributed by atoms with van der Waals surface area (Å²) in [4.78, 5) is 49.3. The topological polar surface area (TPSA) is 90.4 Å². The van der Waals surface area contributed by atoms with Gasteiger partial charge in [0, 0.05) is 25.2 Å². The van der Waals surface area contributed by atoms with Gasteiger partial charge in [-0.15, -0.1) is 13.2 Å². The van der Waals surface area contributed by atoms with Crippen LogP contribution in [-0.4, -0.2) is 86.0 Å². The average Bonchev–Trinajstić information content (AvgIpc) is 3.59. The van der Waals surface area contributed by atoms with Crippen molar-refractivity contribution in [3.05, 3.63) is 61.2 Å². The number of benzene rings is 1. The Balaban J connectivity index is 1.86. The van der Waals surface area contributed by atoms with Gasteiger partial charge in [-0.3, -0.25) is 14.4 Å². The van der Waals surface area contributed by atoms with Crippen LogP contribution < -0.4 is 0 Å². The molecule has 1 aromatic rings. The number of aliphatic hydroxyl groups is 1. The molecule has 7 atom stereocenters. The number of ether oxygens (including phenoxy) is 1. The average molecular weight is 594 g/mol. The Morgan fingerprint density at radius 2 is 1.77 bits per heavy atom. The lowest BCUT2D eigenvalue weighted by Crippen LogP contribution is -2.62. The molecule has 3 aliphatic heterocycles. The molecule has 3 amide bonds. The summed E-state index contributed by atoms with van der Waals surface area (Å²) < 4.78 is 7.03. The Hall–Kier alpha value is -2.97. The molecule has 8 nitrogen and oxygen atoms in total. The summed E-state index contributed by atoms with van der Waals surface area (Å²) in [5.41, 5.74) is -1.58. The zero-order chi connectivity index (χ0) is 31.7. The minimum absolute atomic E-state index is 0.0659. The van der Waals surface area contributed by atoms with Gasteiger partial charge in [0.25, 0.3) is 0 Å². The van der Waals surface area contributed by atoms with Gasteiger partial charge in [-0.1, -0.05) is 69.7 Å². The zero-order valence-electron chi connectivity index (χ0n) is 26.9. The highest BCUT2D eigenvalue weighted by Gasteiger charge is 2.79. The first kappa shape index (κ1) is 32.9. The molecule has 2 bridgehead atoms. The van der Waals surface area contributed by atoms with Crippen LogP contribution in [0.4, 0.5) is 0 Å². The normalized spacial score (nSPS) is 29.2. The van der Waals surface area contributed by atoms with Gasteiger partial charge in [0.2, 0.25) is 17.7 Å². The van der Waals surface area contributed by atoms with E-state index in [9.17, 15) is 19.5 Å². The second-order valence-corrected chi connectivity index (χ2v) is 13.6. The molecule has 3 saturated heterocycles. The maximum Gasteiger partial charge on any atom is 0.249 e. The van der Waals surface area contributed by atoms with Gasteiger partial charge in [0.05, 0.1) is 30.1 Å². The summed E-state index contributed by atoms with van der Waals surface area (Å²) in [6.07, 6.45) is 5.75. The van der Waals surface area contributed by atoms with Gasteiger partial charge < -0.3 is 24.5 Å². The Morgan fingerprint density at radius 3 is 2.30 bits per heavy atom. The van der Waals surface area contributed by atoms with Crippen molar-refractivity contribution in [2.24, 2.45) is 17.8 Å². The number of carbonyl (C=O) groups excluding carboxylic acids is 3. The summed E-state index contributed by atoms with van der Waals surface area (Å²) in [5.74, 6) is -2.28. The molecule has 0 radical (unpaired) electrons. The van der Waals surface area contributed by atoms with Crippen molar-refractivity contribution in [1.82, 2.24) is 14.7 Å². The van der Waals surface area contributed by atoms with E-state index in [2.05, 4.69) is 13.2 Å². The van der Waals surface area contributed by atoms with Crippen molar-refractivity contribution in [2.75, 3.05) is 19.7 Å². The Labute approximate surface area is 257 Å². The lowest BCUT2D eigenvalue weighted by atomic mass is 9.64. The van der Waals surface area contributed by atoms with Gasteiger partial charge in [-0.25, -0.2) is 0 Å². The predicted octanol–water partition coefficient (Wildman–Crippen LogP) is 4.58. The molecule has 236 valence electrons.